The standard InChI is InChI=1S/C46H88N2O5/c1-3-5-7-9-11-12-13-14-15-16-17-18-19-20-21-22-23-24-25-30-34-40-45(50)53-42(36-31-27-10-8-6-4-2)37-32-28-26-29-33-39-44(49)48-43(46(51)52)38-35-41-47/h16-17,42-43H,3-15,18-41,47H2,1-2H3,(H,48,49)(H,51,52)/b17-16-. The molecule has 0 fully saturated rings. The summed E-state index contributed by atoms with van der Waals surface area (Å²) in [7, 11) is 0. The molecule has 4 N–H and O–H groups in total. The number of carbonyl (C=O) groups is 3. The molecule has 2 atom stereocenters. The Bertz CT molecular complexity index is 848. The van der Waals surface area contributed by atoms with Gasteiger partial charge in [-0.1, -0.05) is 167 Å². The van der Waals surface area contributed by atoms with Crippen molar-refractivity contribution in [1.29, 1.82) is 0 Å². The van der Waals surface area contributed by atoms with Gasteiger partial charge in [-0.3, -0.25) is 9.59 Å². The van der Waals surface area contributed by atoms with E-state index >= 15 is 0 Å². The number of esters is 1. The Morgan fingerprint density at radius 1 is 0.528 bits per heavy atom. The predicted octanol–water partition coefficient (Wildman–Crippen LogP) is 13.1. The number of aliphatic carboxylic acids is 1. The average Bonchev–Trinajstić information content (AvgIpc) is 3.14. The first-order chi connectivity index (χ1) is 25.9. The summed E-state index contributed by atoms with van der Waals surface area (Å²) < 4.78 is 6.01. The van der Waals surface area contributed by atoms with Gasteiger partial charge in [0.05, 0.1) is 0 Å². The van der Waals surface area contributed by atoms with E-state index in [4.69, 9.17) is 10.5 Å². The molecular weight excluding hydrogens is 661 g/mol. The fourth-order valence-electron chi connectivity index (χ4n) is 7.09. The van der Waals surface area contributed by atoms with Crippen molar-refractivity contribution in [3.63, 3.8) is 0 Å². The van der Waals surface area contributed by atoms with Crippen LogP contribution in [0, 0.1) is 0 Å². The molecule has 53 heavy (non-hydrogen) atoms. The van der Waals surface area contributed by atoms with Crippen molar-refractivity contribution < 1.29 is 24.2 Å². The number of carbonyl (C=O) groups excluding carboxylic acids is 2. The van der Waals surface area contributed by atoms with Gasteiger partial charge in [-0.2, -0.15) is 0 Å². The first kappa shape index (κ1) is 51.1. The highest BCUT2D eigenvalue weighted by atomic mass is 16.5. The topological polar surface area (TPSA) is 119 Å². The minimum Gasteiger partial charge on any atom is -0.480 e. The number of nitrogens with two attached hydrogens (primary N) is 1. The third-order valence-corrected chi connectivity index (χ3v) is 10.6. The van der Waals surface area contributed by atoms with Crippen LogP contribution in [0.3, 0.4) is 0 Å². The summed E-state index contributed by atoms with van der Waals surface area (Å²) in [4.78, 5) is 36.3. The minimum atomic E-state index is -1.00. The van der Waals surface area contributed by atoms with Gasteiger partial charge in [-0.25, -0.2) is 4.79 Å². The van der Waals surface area contributed by atoms with Gasteiger partial charge in [-0.15, -0.1) is 0 Å². The van der Waals surface area contributed by atoms with Crippen LogP contribution < -0.4 is 11.1 Å². The van der Waals surface area contributed by atoms with Crippen LogP contribution >= 0.6 is 0 Å². The van der Waals surface area contributed by atoms with Gasteiger partial charge < -0.3 is 20.9 Å². The van der Waals surface area contributed by atoms with Crippen LogP contribution in [0.1, 0.15) is 245 Å². The van der Waals surface area contributed by atoms with E-state index in [1.54, 1.807) is 0 Å². The van der Waals surface area contributed by atoms with E-state index in [2.05, 4.69) is 31.3 Å². The van der Waals surface area contributed by atoms with Crippen molar-refractivity contribution >= 4 is 17.8 Å². The maximum absolute atomic E-state index is 12.7. The zero-order chi connectivity index (χ0) is 38.9. The van der Waals surface area contributed by atoms with Crippen LogP contribution in [-0.2, 0) is 19.1 Å². The lowest BCUT2D eigenvalue weighted by molar-refractivity contribution is -0.150. The van der Waals surface area contributed by atoms with Crippen molar-refractivity contribution in [2.75, 3.05) is 6.54 Å². The van der Waals surface area contributed by atoms with Gasteiger partial charge in [0.2, 0.25) is 5.91 Å². The van der Waals surface area contributed by atoms with Gasteiger partial charge in [0, 0.05) is 12.8 Å². The number of carboxylic acids is 1. The number of carboxylic acid groups (broad SMARTS) is 1. The third-order valence-electron chi connectivity index (χ3n) is 10.6. The van der Waals surface area contributed by atoms with Gasteiger partial charge in [0.15, 0.2) is 0 Å². The largest absolute Gasteiger partial charge is 0.480 e. The van der Waals surface area contributed by atoms with Crippen LogP contribution in [0.4, 0.5) is 0 Å². The molecule has 0 aromatic carbocycles. The van der Waals surface area contributed by atoms with Crippen molar-refractivity contribution in [3.05, 3.63) is 12.2 Å². The van der Waals surface area contributed by atoms with Gasteiger partial charge >= 0.3 is 11.9 Å². The van der Waals surface area contributed by atoms with E-state index in [-0.39, 0.29) is 18.0 Å². The van der Waals surface area contributed by atoms with Crippen LogP contribution in [-0.4, -0.2) is 41.6 Å². The summed E-state index contributed by atoms with van der Waals surface area (Å²) in [5.74, 6) is -1.23. The fraction of sp³-hybridized carbons (Fsp3) is 0.891. The second-order valence-electron chi connectivity index (χ2n) is 15.8. The highest BCUT2D eigenvalue weighted by Gasteiger charge is 2.19. The summed E-state index contributed by atoms with van der Waals surface area (Å²) in [5.41, 5.74) is 5.48. The maximum Gasteiger partial charge on any atom is 0.326 e. The second kappa shape index (κ2) is 41.3. The highest BCUT2D eigenvalue weighted by molar-refractivity contribution is 5.83. The van der Waals surface area contributed by atoms with E-state index in [0.717, 1.165) is 64.2 Å². The van der Waals surface area contributed by atoms with E-state index in [9.17, 15) is 19.5 Å². The normalized spacial score (nSPS) is 12.7. The van der Waals surface area contributed by atoms with E-state index in [0.29, 0.717) is 32.2 Å². The molecule has 0 radical (unpaired) electrons. The molecule has 0 bridgehead atoms. The van der Waals surface area contributed by atoms with Crippen molar-refractivity contribution in [3.8, 4) is 0 Å². The monoisotopic (exact) mass is 749 g/mol. The predicted molar refractivity (Wildman–Crippen MR) is 225 cm³/mol. The summed E-state index contributed by atoms with van der Waals surface area (Å²) >= 11 is 0. The van der Waals surface area contributed by atoms with Crippen LogP contribution in [0.2, 0.25) is 0 Å². The molecule has 0 aromatic heterocycles. The number of amides is 1. The summed E-state index contributed by atoms with van der Waals surface area (Å²) in [6.07, 6.45) is 45.6. The van der Waals surface area contributed by atoms with Gasteiger partial charge in [-0.05, 0) is 83.6 Å². The maximum atomic E-state index is 12.7. The van der Waals surface area contributed by atoms with Crippen LogP contribution in [0.15, 0.2) is 12.2 Å². The lowest BCUT2D eigenvalue weighted by Crippen LogP contribution is -2.40. The molecule has 312 valence electrons. The number of unbranched alkanes of at least 4 members (excludes halogenated alkanes) is 26. The lowest BCUT2D eigenvalue weighted by atomic mass is 10.0. The molecule has 2 unspecified atom stereocenters. The Balaban J connectivity index is 3.99. The Labute approximate surface area is 328 Å². The SMILES string of the molecule is CCCCCCCCCC/C=C\CCCCCCCCCCCC(=O)OC(CCCCCCCC)CCCCCCCC(=O)NC(CCCN)C(=O)O. The molecule has 0 heterocycles. The molecule has 1 amide bonds. The first-order valence-electron chi connectivity index (χ1n) is 23.0. The number of allylic oxidation sites excluding steroid dienone is 2. The summed E-state index contributed by atoms with van der Waals surface area (Å²) in [5, 5.41) is 11.9. The van der Waals surface area contributed by atoms with Gasteiger partial charge in [0.25, 0.3) is 0 Å². The molecule has 7 nitrogen and oxygen atoms in total. The first-order valence-corrected chi connectivity index (χ1v) is 23.0. The quantitative estimate of drug-likeness (QED) is 0.0325. The molecule has 0 aliphatic carbocycles. The van der Waals surface area contributed by atoms with Gasteiger partial charge in [0.1, 0.15) is 12.1 Å². The van der Waals surface area contributed by atoms with E-state index < -0.39 is 12.0 Å². The van der Waals surface area contributed by atoms with Crippen molar-refractivity contribution in [2.24, 2.45) is 5.73 Å². The van der Waals surface area contributed by atoms with Crippen LogP contribution in [0.25, 0.3) is 0 Å². The third kappa shape index (κ3) is 38.2. The molecule has 0 rings (SSSR count). The van der Waals surface area contributed by atoms with Crippen LogP contribution in [0.5, 0.6) is 0 Å². The Kier molecular flexibility index (Phi) is 39.8. The van der Waals surface area contributed by atoms with Crippen molar-refractivity contribution in [1.82, 2.24) is 5.32 Å². The smallest absolute Gasteiger partial charge is 0.326 e. The zero-order valence-corrected chi connectivity index (χ0v) is 35.1. The molecule has 0 aromatic rings. The molecular formula is C46H88N2O5. The summed E-state index contributed by atoms with van der Waals surface area (Å²) in [6, 6.07) is -0.853. The number of nitrogens with one attached hydrogen (secondary N) is 1. The number of rotatable bonds is 42. The Morgan fingerprint density at radius 3 is 1.36 bits per heavy atom. The fourth-order valence-corrected chi connectivity index (χ4v) is 7.09. The number of hydrogen-bond acceptors (Lipinski definition) is 5. The van der Waals surface area contributed by atoms with E-state index in [1.165, 1.54) is 141 Å². The van der Waals surface area contributed by atoms with Crippen molar-refractivity contribution in [2.45, 2.75) is 257 Å². The molecule has 0 spiro atoms. The molecule has 0 saturated carbocycles. The number of ether oxygens (including phenoxy) is 1. The molecule has 7 heteroatoms. The Morgan fingerprint density at radius 2 is 0.925 bits per heavy atom. The Hall–Kier alpha value is -1.89. The average molecular weight is 749 g/mol. The van der Waals surface area contributed by atoms with E-state index in [1.807, 2.05) is 0 Å². The molecule has 0 aliphatic heterocycles. The minimum absolute atomic E-state index is 0.0197. The lowest BCUT2D eigenvalue weighted by Gasteiger charge is -2.18. The zero-order valence-electron chi connectivity index (χ0n) is 35.1. The number of hydrogen-bond donors (Lipinski definition) is 3. The highest BCUT2D eigenvalue weighted by Crippen LogP contribution is 2.19. The summed E-state index contributed by atoms with van der Waals surface area (Å²) in [6.45, 7) is 4.94. The molecule has 0 aliphatic rings. The second-order valence-corrected chi connectivity index (χ2v) is 15.8. The molecule has 0 saturated heterocycles.